The van der Waals surface area contributed by atoms with Crippen LogP contribution in [0.2, 0.25) is 0 Å². The predicted molar refractivity (Wildman–Crippen MR) is 94.7 cm³/mol. The zero-order valence-electron chi connectivity index (χ0n) is 14.7. The Balaban J connectivity index is 1.65. The minimum absolute atomic E-state index is 0.00106. The molecule has 0 aliphatic carbocycles. The molecule has 1 saturated heterocycles. The molecule has 132 valence electrons. The number of aryl methyl sites for hydroxylation is 1. The largest absolute Gasteiger partial charge is 0.351 e. The molecule has 1 aromatic carbocycles. The first-order valence-electron chi connectivity index (χ1n) is 8.59. The second-order valence-electron chi connectivity index (χ2n) is 6.90. The van der Waals surface area contributed by atoms with Gasteiger partial charge in [0.15, 0.2) is 0 Å². The SMILES string of the molecule is Cn1nccc1C(=O)N1CCC[C@@](C)(C(=O)NCc2ccccc2)C1. The molecule has 0 radical (unpaired) electrons. The van der Waals surface area contributed by atoms with Gasteiger partial charge >= 0.3 is 0 Å². The summed E-state index contributed by atoms with van der Waals surface area (Å²) in [7, 11) is 1.75. The molecule has 0 unspecified atom stereocenters. The van der Waals surface area contributed by atoms with Gasteiger partial charge < -0.3 is 10.2 Å². The van der Waals surface area contributed by atoms with Crippen LogP contribution in [0.5, 0.6) is 0 Å². The van der Waals surface area contributed by atoms with Gasteiger partial charge in [0.25, 0.3) is 5.91 Å². The molecule has 0 saturated carbocycles. The second kappa shape index (κ2) is 7.09. The Bertz CT molecular complexity index is 756. The third-order valence-electron chi connectivity index (χ3n) is 4.87. The van der Waals surface area contributed by atoms with Gasteiger partial charge in [-0.3, -0.25) is 14.3 Å². The first kappa shape index (κ1) is 17.2. The first-order chi connectivity index (χ1) is 12.0. The van der Waals surface area contributed by atoms with Crippen LogP contribution in [-0.4, -0.2) is 39.6 Å². The van der Waals surface area contributed by atoms with E-state index in [2.05, 4.69) is 10.4 Å². The van der Waals surface area contributed by atoms with E-state index in [9.17, 15) is 9.59 Å². The lowest BCUT2D eigenvalue weighted by molar-refractivity contribution is -0.132. The van der Waals surface area contributed by atoms with Gasteiger partial charge in [0.05, 0.1) is 5.41 Å². The van der Waals surface area contributed by atoms with Crippen molar-refractivity contribution < 1.29 is 9.59 Å². The Morgan fingerprint density at radius 2 is 2.00 bits per heavy atom. The van der Waals surface area contributed by atoms with E-state index in [1.807, 2.05) is 37.3 Å². The number of nitrogens with zero attached hydrogens (tertiary/aromatic N) is 3. The maximum absolute atomic E-state index is 12.7. The smallest absolute Gasteiger partial charge is 0.272 e. The number of carbonyl (C=O) groups excluding carboxylic acids is 2. The van der Waals surface area contributed by atoms with Crippen LogP contribution >= 0.6 is 0 Å². The van der Waals surface area contributed by atoms with Crippen LogP contribution in [0.1, 0.15) is 35.8 Å². The third-order valence-corrected chi connectivity index (χ3v) is 4.87. The summed E-state index contributed by atoms with van der Waals surface area (Å²) in [6, 6.07) is 11.6. The number of likely N-dealkylation sites (tertiary alicyclic amines) is 1. The monoisotopic (exact) mass is 340 g/mol. The van der Waals surface area contributed by atoms with Crippen LogP contribution in [0.3, 0.4) is 0 Å². The molecule has 1 aliphatic rings. The minimum Gasteiger partial charge on any atom is -0.351 e. The molecule has 2 amide bonds. The van der Waals surface area contributed by atoms with Crippen LogP contribution in [-0.2, 0) is 18.4 Å². The number of hydrogen-bond acceptors (Lipinski definition) is 3. The van der Waals surface area contributed by atoms with Crippen LogP contribution in [0.15, 0.2) is 42.6 Å². The highest BCUT2D eigenvalue weighted by Gasteiger charge is 2.39. The van der Waals surface area contributed by atoms with Crippen molar-refractivity contribution in [3.63, 3.8) is 0 Å². The van der Waals surface area contributed by atoms with E-state index in [1.54, 1.807) is 28.9 Å². The van der Waals surface area contributed by atoms with Crippen molar-refractivity contribution in [1.29, 1.82) is 0 Å². The molecule has 1 aliphatic heterocycles. The number of carbonyl (C=O) groups is 2. The normalized spacial score (nSPS) is 20.3. The number of hydrogen-bond donors (Lipinski definition) is 1. The fourth-order valence-corrected chi connectivity index (χ4v) is 3.34. The Labute approximate surface area is 147 Å². The van der Waals surface area contributed by atoms with E-state index in [0.29, 0.717) is 25.3 Å². The van der Waals surface area contributed by atoms with Gasteiger partial charge in [0, 0.05) is 32.9 Å². The average Bonchev–Trinajstić information content (AvgIpc) is 3.06. The minimum atomic E-state index is -0.568. The summed E-state index contributed by atoms with van der Waals surface area (Å²) in [6.45, 7) is 3.55. The van der Waals surface area contributed by atoms with Crippen LogP contribution in [0, 0.1) is 5.41 Å². The molecular formula is C19H24N4O2. The quantitative estimate of drug-likeness (QED) is 0.925. The van der Waals surface area contributed by atoms with E-state index in [4.69, 9.17) is 0 Å². The fourth-order valence-electron chi connectivity index (χ4n) is 3.34. The molecule has 1 N–H and O–H groups in total. The third kappa shape index (κ3) is 3.73. The van der Waals surface area contributed by atoms with Crippen molar-refractivity contribution in [2.75, 3.05) is 13.1 Å². The van der Waals surface area contributed by atoms with E-state index >= 15 is 0 Å². The lowest BCUT2D eigenvalue weighted by atomic mass is 9.80. The number of rotatable bonds is 4. The van der Waals surface area contributed by atoms with Gasteiger partial charge in [-0.05, 0) is 31.4 Å². The van der Waals surface area contributed by atoms with Crippen LogP contribution in [0.4, 0.5) is 0 Å². The van der Waals surface area contributed by atoms with E-state index in [0.717, 1.165) is 18.4 Å². The highest BCUT2D eigenvalue weighted by molar-refractivity contribution is 5.93. The number of amides is 2. The van der Waals surface area contributed by atoms with Crippen LogP contribution < -0.4 is 5.32 Å². The van der Waals surface area contributed by atoms with Gasteiger partial charge in [-0.1, -0.05) is 30.3 Å². The Kier molecular flexibility index (Phi) is 4.88. The molecule has 6 nitrogen and oxygen atoms in total. The summed E-state index contributed by atoms with van der Waals surface area (Å²) in [5.41, 5.74) is 1.05. The topological polar surface area (TPSA) is 67.2 Å². The number of nitrogens with one attached hydrogen (secondary N) is 1. The van der Waals surface area contributed by atoms with E-state index in [-0.39, 0.29) is 11.8 Å². The van der Waals surface area contributed by atoms with E-state index < -0.39 is 5.41 Å². The lowest BCUT2D eigenvalue weighted by Crippen LogP contribution is -2.52. The van der Waals surface area contributed by atoms with Gasteiger partial charge in [-0.2, -0.15) is 5.10 Å². The number of aromatic nitrogens is 2. The van der Waals surface area contributed by atoms with Crippen LogP contribution in [0.25, 0.3) is 0 Å². The maximum atomic E-state index is 12.7. The second-order valence-corrected chi connectivity index (χ2v) is 6.90. The van der Waals surface area contributed by atoms with Crippen molar-refractivity contribution in [3.8, 4) is 0 Å². The molecule has 0 spiro atoms. The molecular weight excluding hydrogens is 316 g/mol. The summed E-state index contributed by atoms with van der Waals surface area (Å²) in [6.07, 6.45) is 3.21. The number of benzene rings is 1. The van der Waals surface area contributed by atoms with Crippen molar-refractivity contribution >= 4 is 11.8 Å². The number of piperidine rings is 1. The highest BCUT2D eigenvalue weighted by Crippen LogP contribution is 2.30. The highest BCUT2D eigenvalue weighted by atomic mass is 16.2. The molecule has 6 heteroatoms. The molecule has 3 rings (SSSR count). The summed E-state index contributed by atoms with van der Waals surface area (Å²) in [5.74, 6) is -0.0688. The van der Waals surface area contributed by atoms with Gasteiger partial charge in [-0.15, -0.1) is 0 Å². The maximum Gasteiger partial charge on any atom is 0.272 e. The Morgan fingerprint density at radius 1 is 1.24 bits per heavy atom. The molecule has 1 atom stereocenters. The molecule has 1 fully saturated rings. The average molecular weight is 340 g/mol. The fraction of sp³-hybridized carbons (Fsp3) is 0.421. The Hall–Kier alpha value is -2.63. The molecule has 2 aromatic rings. The lowest BCUT2D eigenvalue weighted by Gasteiger charge is -2.39. The molecule has 0 bridgehead atoms. The Morgan fingerprint density at radius 3 is 2.68 bits per heavy atom. The molecule has 25 heavy (non-hydrogen) atoms. The molecule has 1 aromatic heterocycles. The van der Waals surface area contributed by atoms with E-state index in [1.165, 1.54) is 0 Å². The first-order valence-corrected chi connectivity index (χ1v) is 8.59. The molecule has 2 heterocycles. The van der Waals surface area contributed by atoms with Crippen molar-refractivity contribution in [2.45, 2.75) is 26.3 Å². The van der Waals surface area contributed by atoms with Gasteiger partial charge in [0.2, 0.25) is 5.91 Å². The van der Waals surface area contributed by atoms with Crippen molar-refractivity contribution in [3.05, 3.63) is 53.9 Å². The van der Waals surface area contributed by atoms with Gasteiger partial charge in [0.1, 0.15) is 5.69 Å². The van der Waals surface area contributed by atoms with Crippen molar-refractivity contribution in [1.82, 2.24) is 20.0 Å². The summed E-state index contributed by atoms with van der Waals surface area (Å²) < 4.78 is 1.57. The standard InChI is InChI=1S/C19H24N4O2/c1-19(18(25)20-13-15-7-4-3-5-8-15)10-6-12-23(14-19)17(24)16-9-11-21-22(16)2/h3-5,7-9,11H,6,10,12-14H2,1-2H3,(H,20,25)/t19-/m1/s1. The summed E-state index contributed by atoms with van der Waals surface area (Å²) >= 11 is 0. The zero-order valence-corrected chi connectivity index (χ0v) is 14.7. The van der Waals surface area contributed by atoms with Gasteiger partial charge in [-0.25, -0.2) is 0 Å². The zero-order chi connectivity index (χ0) is 17.9. The van der Waals surface area contributed by atoms with Crippen molar-refractivity contribution in [2.24, 2.45) is 12.5 Å². The summed E-state index contributed by atoms with van der Waals surface area (Å²) in [4.78, 5) is 27.2. The summed E-state index contributed by atoms with van der Waals surface area (Å²) in [5, 5.41) is 7.08. The predicted octanol–water partition coefficient (Wildman–Crippen LogP) is 1.98.